The zero-order valence-electron chi connectivity index (χ0n) is 8.58. The summed E-state index contributed by atoms with van der Waals surface area (Å²) in [6, 6.07) is 1.69. The maximum atomic E-state index is 11.5. The Balaban J connectivity index is 2.56. The topological polar surface area (TPSA) is 72.9 Å². The number of carbonyl (C=O) groups is 1. The van der Waals surface area contributed by atoms with Gasteiger partial charge in [0, 0.05) is 12.5 Å². The fourth-order valence-corrected chi connectivity index (χ4v) is 1.24. The number of hydrogen-bond donors (Lipinski definition) is 2. The van der Waals surface area contributed by atoms with E-state index < -0.39 is 0 Å². The van der Waals surface area contributed by atoms with Gasteiger partial charge >= 0.3 is 0 Å². The van der Waals surface area contributed by atoms with Gasteiger partial charge in [-0.15, -0.1) is 0 Å². The Morgan fingerprint density at radius 1 is 1.71 bits per heavy atom. The fraction of sp³-hybridized carbons (Fsp3) is 0.556. The third-order valence-electron chi connectivity index (χ3n) is 1.91. The summed E-state index contributed by atoms with van der Waals surface area (Å²) in [4.78, 5) is 11.5. The van der Waals surface area contributed by atoms with Crippen LogP contribution in [0.3, 0.4) is 0 Å². The lowest BCUT2D eigenvalue weighted by Crippen LogP contribution is -2.17. The van der Waals surface area contributed by atoms with Crippen LogP contribution in [0.25, 0.3) is 0 Å². The summed E-state index contributed by atoms with van der Waals surface area (Å²) in [6.45, 7) is 2.64. The van der Waals surface area contributed by atoms with Crippen LogP contribution in [-0.4, -0.2) is 29.3 Å². The van der Waals surface area contributed by atoms with Crippen molar-refractivity contribution in [1.29, 1.82) is 0 Å². The fourth-order valence-electron chi connectivity index (χ4n) is 1.24. The van der Waals surface area contributed by atoms with E-state index in [2.05, 4.69) is 10.4 Å². The number of rotatable bonds is 4. The van der Waals surface area contributed by atoms with Crippen molar-refractivity contribution in [3.8, 4) is 0 Å². The summed E-state index contributed by atoms with van der Waals surface area (Å²) in [7, 11) is 1.86. The number of nitrogen functional groups attached to an aromatic ring is 1. The summed E-state index contributed by atoms with van der Waals surface area (Å²) in [5.74, 6) is 0.364. The normalized spacial score (nSPS) is 10.4. The molecule has 0 saturated heterocycles. The van der Waals surface area contributed by atoms with Crippen molar-refractivity contribution in [2.75, 3.05) is 19.3 Å². The molecule has 0 spiro atoms. The van der Waals surface area contributed by atoms with Gasteiger partial charge in [-0.25, -0.2) is 0 Å². The van der Waals surface area contributed by atoms with E-state index in [1.165, 1.54) is 4.68 Å². The Morgan fingerprint density at radius 2 is 2.43 bits per heavy atom. The Kier molecular flexibility index (Phi) is 3.64. The Labute approximate surface area is 83.3 Å². The number of nitrogens with one attached hydrogen (secondary N) is 1. The number of nitrogens with two attached hydrogens (primary N) is 1. The first kappa shape index (κ1) is 10.7. The van der Waals surface area contributed by atoms with Gasteiger partial charge in [0.2, 0.25) is 5.91 Å². The number of aromatic nitrogens is 2. The van der Waals surface area contributed by atoms with Crippen LogP contribution in [0.1, 0.15) is 23.3 Å². The molecule has 5 heteroatoms. The first-order valence-electron chi connectivity index (χ1n) is 4.65. The van der Waals surface area contributed by atoms with E-state index in [0.29, 0.717) is 12.2 Å². The van der Waals surface area contributed by atoms with Crippen LogP contribution in [0.15, 0.2) is 6.07 Å². The molecule has 1 rings (SSSR count). The maximum Gasteiger partial charge on any atom is 0.248 e. The van der Waals surface area contributed by atoms with Gasteiger partial charge in [-0.3, -0.25) is 4.79 Å². The lowest BCUT2D eigenvalue weighted by molar-refractivity contribution is 0.0887. The number of aryl methyl sites for hydroxylation is 1. The molecule has 0 aromatic carbocycles. The number of carbonyl (C=O) groups excluding carboxylic acids is 1. The molecule has 0 aliphatic carbocycles. The quantitative estimate of drug-likeness (QED) is 0.684. The molecule has 0 aliphatic heterocycles. The van der Waals surface area contributed by atoms with E-state index in [-0.39, 0.29) is 5.91 Å². The molecule has 1 heterocycles. The predicted octanol–water partition coefficient (Wildman–Crippen LogP) is 0.414. The minimum Gasteiger partial charge on any atom is -0.383 e. The van der Waals surface area contributed by atoms with Crippen LogP contribution in [0.5, 0.6) is 0 Å². The second-order valence-electron chi connectivity index (χ2n) is 3.22. The Hall–Kier alpha value is -1.36. The van der Waals surface area contributed by atoms with Gasteiger partial charge < -0.3 is 11.1 Å². The molecule has 78 valence electrons. The van der Waals surface area contributed by atoms with Gasteiger partial charge in [0.1, 0.15) is 5.82 Å². The van der Waals surface area contributed by atoms with E-state index in [0.717, 1.165) is 18.7 Å². The van der Waals surface area contributed by atoms with E-state index in [9.17, 15) is 4.79 Å². The molecule has 0 unspecified atom stereocenters. The van der Waals surface area contributed by atoms with Crippen molar-refractivity contribution in [2.45, 2.75) is 19.8 Å². The van der Waals surface area contributed by atoms with Crippen LogP contribution in [-0.2, 0) is 0 Å². The van der Waals surface area contributed by atoms with Crippen LogP contribution in [0, 0.1) is 6.92 Å². The standard InChI is InChI=1S/C9H16N4O/c1-7-6-8(10)13(12-7)9(14)4-3-5-11-2/h6,11H,3-5,10H2,1-2H3. The van der Waals surface area contributed by atoms with E-state index >= 15 is 0 Å². The van der Waals surface area contributed by atoms with Crippen molar-refractivity contribution < 1.29 is 4.79 Å². The summed E-state index contributed by atoms with van der Waals surface area (Å²) in [6.07, 6.45) is 1.26. The summed E-state index contributed by atoms with van der Waals surface area (Å²) < 4.78 is 1.27. The van der Waals surface area contributed by atoms with Gasteiger partial charge in [0.05, 0.1) is 5.69 Å². The SMILES string of the molecule is CNCCCC(=O)n1nc(C)cc1N. The minimum absolute atomic E-state index is 0.0501. The van der Waals surface area contributed by atoms with Gasteiger partial charge in [-0.2, -0.15) is 9.78 Å². The number of anilines is 1. The highest BCUT2D eigenvalue weighted by atomic mass is 16.2. The molecule has 5 nitrogen and oxygen atoms in total. The maximum absolute atomic E-state index is 11.5. The van der Waals surface area contributed by atoms with Crippen molar-refractivity contribution in [3.05, 3.63) is 11.8 Å². The van der Waals surface area contributed by atoms with Crippen molar-refractivity contribution in [1.82, 2.24) is 15.1 Å². The van der Waals surface area contributed by atoms with E-state index in [1.807, 2.05) is 14.0 Å². The van der Waals surface area contributed by atoms with Crippen LogP contribution < -0.4 is 11.1 Å². The predicted molar refractivity (Wildman–Crippen MR) is 55.2 cm³/mol. The highest BCUT2D eigenvalue weighted by Crippen LogP contribution is 2.06. The smallest absolute Gasteiger partial charge is 0.248 e. The number of nitrogens with zero attached hydrogens (tertiary/aromatic N) is 2. The average Bonchev–Trinajstić information content (AvgIpc) is 2.45. The lowest BCUT2D eigenvalue weighted by Gasteiger charge is -2.02. The molecule has 0 bridgehead atoms. The summed E-state index contributed by atoms with van der Waals surface area (Å²) in [5.41, 5.74) is 6.38. The highest BCUT2D eigenvalue weighted by molar-refractivity contribution is 5.80. The molecule has 0 aliphatic rings. The molecular formula is C9H16N4O. The van der Waals surface area contributed by atoms with Crippen LogP contribution in [0.4, 0.5) is 5.82 Å². The first-order valence-corrected chi connectivity index (χ1v) is 4.65. The Morgan fingerprint density at radius 3 is 2.93 bits per heavy atom. The van der Waals surface area contributed by atoms with Gasteiger partial charge in [-0.05, 0) is 26.9 Å². The summed E-state index contributed by atoms with van der Waals surface area (Å²) >= 11 is 0. The molecule has 14 heavy (non-hydrogen) atoms. The second-order valence-corrected chi connectivity index (χ2v) is 3.22. The Bertz CT molecular complexity index is 319. The van der Waals surface area contributed by atoms with E-state index in [4.69, 9.17) is 5.73 Å². The molecule has 0 saturated carbocycles. The molecule has 0 amide bonds. The molecule has 3 N–H and O–H groups in total. The van der Waals surface area contributed by atoms with Crippen LogP contribution in [0.2, 0.25) is 0 Å². The van der Waals surface area contributed by atoms with Crippen LogP contribution >= 0.6 is 0 Å². The molecule has 0 radical (unpaired) electrons. The zero-order chi connectivity index (χ0) is 10.6. The minimum atomic E-state index is -0.0501. The van der Waals surface area contributed by atoms with Crippen molar-refractivity contribution in [2.24, 2.45) is 0 Å². The molecule has 0 atom stereocenters. The van der Waals surface area contributed by atoms with Crippen molar-refractivity contribution in [3.63, 3.8) is 0 Å². The largest absolute Gasteiger partial charge is 0.383 e. The third-order valence-corrected chi connectivity index (χ3v) is 1.91. The average molecular weight is 196 g/mol. The zero-order valence-corrected chi connectivity index (χ0v) is 8.58. The third kappa shape index (κ3) is 2.56. The molecular weight excluding hydrogens is 180 g/mol. The lowest BCUT2D eigenvalue weighted by atomic mass is 10.3. The van der Waals surface area contributed by atoms with Gasteiger partial charge in [-0.1, -0.05) is 0 Å². The first-order chi connectivity index (χ1) is 6.65. The molecule has 0 fully saturated rings. The monoisotopic (exact) mass is 196 g/mol. The molecule has 1 aromatic heterocycles. The molecule has 1 aromatic rings. The van der Waals surface area contributed by atoms with Crippen molar-refractivity contribution >= 4 is 11.7 Å². The highest BCUT2D eigenvalue weighted by Gasteiger charge is 2.09. The van der Waals surface area contributed by atoms with Gasteiger partial charge in [0.25, 0.3) is 0 Å². The second kappa shape index (κ2) is 4.76. The number of hydrogen-bond acceptors (Lipinski definition) is 4. The van der Waals surface area contributed by atoms with Gasteiger partial charge in [0.15, 0.2) is 0 Å². The summed E-state index contributed by atoms with van der Waals surface area (Å²) in [5, 5.41) is 6.99. The van der Waals surface area contributed by atoms with E-state index in [1.54, 1.807) is 6.07 Å².